The van der Waals surface area contributed by atoms with E-state index in [-0.39, 0.29) is 0 Å². The van der Waals surface area contributed by atoms with Crippen molar-refractivity contribution in [2.75, 3.05) is 20.0 Å². The van der Waals surface area contributed by atoms with Gasteiger partial charge in [-0.3, -0.25) is 14.4 Å². The number of halogens is 3. The first-order chi connectivity index (χ1) is 19.5. The molecule has 0 fully saturated rings. The van der Waals surface area contributed by atoms with Crippen molar-refractivity contribution in [2.24, 2.45) is 0 Å². The van der Waals surface area contributed by atoms with Gasteiger partial charge in [0.15, 0.2) is 23.4 Å². The maximum atomic E-state index is 13.9. The minimum Gasteiger partial charge on any atom is -0.467 e. The molecule has 0 saturated heterocycles. The second-order valence-electron chi connectivity index (χ2n) is 8.99. The molecule has 4 atom stereocenters. The van der Waals surface area contributed by atoms with E-state index in [1.165, 1.54) is 0 Å². The molecule has 1 aliphatic carbocycles. The quantitative estimate of drug-likeness (QED) is 0.133. The number of aliphatic hydroxyl groups is 2. The minimum absolute atomic E-state index is 0.496. The molecule has 1 heterocycles. The van der Waals surface area contributed by atoms with Crippen molar-refractivity contribution in [3.05, 3.63) is 45.1 Å². The highest BCUT2D eigenvalue weighted by Crippen LogP contribution is 2.39. The van der Waals surface area contributed by atoms with Gasteiger partial charge in [-0.2, -0.15) is 13.2 Å². The molecule has 0 aromatic heterocycles. The van der Waals surface area contributed by atoms with Gasteiger partial charge in [-0.1, -0.05) is 0 Å². The zero-order valence-corrected chi connectivity index (χ0v) is 22.4. The highest BCUT2D eigenvalue weighted by molar-refractivity contribution is 6.09. The lowest BCUT2D eigenvalue weighted by molar-refractivity contribution is -0.146. The predicted octanol–water partition coefficient (Wildman–Crippen LogP) is 0.198. The van der Waals surface area contributed by atoms with Crippen molar-refractivity contribution in [3.63, 3.8) is 0 Å². The molecule has 17 heteroatoms. The van der Waals surface area contributed by atoms with Gasteiger partial charge in [0.2, 0.25) is 5.43 Å². The van der Waals surface area contributed by atoms with E-state index in [0.29, 0.717) is 12.1 Å². The first kappa shape index (κ1) is 31.8. The molecule has 42 heavy (non-hydrogen) atoms. The third kappa shape index (κ3) is 6.10. The zero-order chi connectivity index (χ0) is 31.7. The highest BCUT2D eigenvalue weighted by Gasteiger charge is 2.38. The van der Waals surface area contributed by atoms with Gasteiger partial charge in [0.1, 0.15) is 16.8 Å². The maximum absolute atomic E-state index is 13.9. The van der Waals surface area contributed by atoms with Crippen LogP contribution in [0.5, 0.6) is 0 Å². The Morgan fingerprint density at radius 2 is 1.50 bits per heavy atom. The maximum Gasteiger partial charge on any atom is 0.420 e. The lowest BCUT2D eigenvalue weighted by atomic mass is 10.0. The number of nitrogens with one attached hydrogen (secondary N) is 2. The Morgan fingerprint density at radius 1 is 0.976 bits per heavy atom. The van der Waals surface area contributed by atoms with E-state index in [0.717, 1.165) is 34.1 Å². The second-order valence-corrected chi connectivity index (χ2v) is 8.99. The van der Waals surface area contributed by atoms with E-state index in [1.807, 2.05) is 0 Å². The molecule has 6 N–H and O–H groups in total. The van der Waals surface area contributed by atoms with Crippen LogP contribution in [0.15, 0.2) is 27.4 Å². The van der Waals surface area contributed by atoms with Gasteiger partial charge in [-0.05, 0) is 26.0 Å². The molecule has 1 aromatic rings. The number of hydrogen-bond donors (Lipinski definition) is 5. The predicted molar refractivity (Wildman–Crippen MR) is 136 cm³/mol. The number of aromatic nitrogens is 1. The van der Waals surface area contributed by atoms with Crippen LogP contribution in [0.1, 0.15) is 40.1 Å². The van der Waals surface area contributed by atoms with Crippen LogP contribution in [-0.2, 0) is 25.2 Å². The fraction of sp³-hybridized carbons (Fsp3) is 0.360. The van der Waals surface area contributed by atoms with Crippen molar-refractivity contribution in [2.45, 2.75) is 44.3 Å². The average molecular weight is 598 g/mol. The summed E-state index contributed by atoms with van der Waals surface area (Å²) >= 11 is 0. The summed E-state index contributed by atoms with van der Waals surface area (Å²) in [6.45, 7) is 2.30. The third-order valence-electron chi connectivity index (χ3n) is 6.06. The number of methoxy groups -OCH3 is 2. The summed E-state index contributed by atoms with van der Waals surface area (Å²) in [7, 11) is 1.96. The van der Waals surface area contributed by atoms with Crippen molar-refractivity contribution in [3.8, 4) is 11.5 Å². The van der Waals surface area contributed by atoms with Crippen molar-refractivity contribution in [1.82, 2.24) is 15.6 Å². The molecule has 0 unspecified atom stereocenters. The number of fused-ring (bicyclic) bond motifs is 2. The van der Waals surface area contributed by atoms with E-state index >= 15 is 0 Å². The van der Waals surface area contributed by atoms with Gasteiger partial charge in [0.05, 0.1) is 43.2 Å². The summed E-state index contributed by atoms with van der Waals surface area (Å²) in [4.78, 5) is 67.0. The van der Waals surface area contributed by atoms with Crippen LogP contribution in [0.2, 0.25) is 0 Å². The van der Waals surface area contributed by atoms with E-state index in [2.05, 4.69) is 25.1 Å². The molecular weight excluding hydrogens is 573 g/mol. The SMILES string of the molecule is COC(=O)[C@@H](NC(=O)c1c2nc3c(C(=O)N[C@H](C(=O)OC)[C@@H](C)O)ccc(C(F)(F)F)c3oc-2cc(=O)c1N)[C@@H](C)O. The number of esters is 2. The van der Waals surface area contributed by atoms with Crippen LogP contribution in [0.3, 0.4) is 0 Å². The summed E-state index contributed by atoms with van der Waals surface area (Å²) in [5.41, 5.74) is -1.06. The standard InChI is InChI=1S/C25H25F3N4O10/c1-8(33)16(23(38)40-3)31-21(36)10-5-6-11(25(26,27)28)20-18(10)30-19-13(42-20)7-12(35)15(29)14(19)22(37)32-17(9(2)34)24(39)41-4/h5-9,16-17,33-34H,29H2,1-4H3,(H,31,36)(H,32,37)/t8-,9-,16+,17+/m1/s1. The van der Waals surface area contributed by atoms with Gasteiger partial charge < -0.3 is 40.5 Å². The number of carbonyl (C=O) groups is 4. The molecule has 2 amide bonds. The molecule has 1 aromatic carbocycles. The minimum atomic E-state index is -5.04. The molecule has 226 valence electrons. The monoisotopic (exact) mass is 598 g/mol. The third-order valence-corrected chi connectivity index (χ3v) is 6.06. The van der Waals surface area contributed by atoms with Crippen molar-refractivity contribution in [1.29, 1.82) is 0 Å². The average Bonchev–Trinajstić information content (AvgIpc) is 2.91. The Bertz CT molecular complexity index is 1590. The molecular formula is C25H25F3N4O10. The number of benzene rings is 2. The van der Waals surface area contributed by atoms with Crippen LogP contribution in [0.25, 0.3) is 22.6 Å². The van der Waals surface area contributed by atoms with E-state index < -0.39 is 105 Å². The summed E-state index contributed by atoms with van der Waals surface area (Å²) in [5.74, 6) is -5.23. The first-order valence-corrected chi connectivity index (χ1v) is 11.9. The van der Waals surface area contributed by atoms with E-state index in [1.54, 1.807) is 0 Å². The van der Waals surface area contributed by atoms with Crippen molar-refractivity contribution < 1.29 is 56.5 Å². The van der Waals surface area contributed by atoms with Gasteiger partial charge in [-0.15, -0.1) is 0 Å². The molecule has 0 saturated carbocycles. The van der Waals surface area contributed by atoms with E-state index in [9.17, 15) is 47.4 Å². The molecule has 0 bridgehead atoms. The Morgan fingerprint density at radius 3 is 1.98 bits per heavy atom. The molecule has 1 aliphatic heterocycles. The molecule has 2 aliphatic rings. The Labute approximate surface area is 233 Å². The number of anilines is 1. The van der Waals surface area contributed by atoms with Gasteiger partial charge >= 0.3 is 18.1 Å². The Hall–Kier alpha value is -4.77. The summed E-state index contributed by atoms with van der Waals surface area (Å²) in [6.07, 6.45) is -8.02. The zero-order valence-electron chi connectivity index (χ0n) is 22.4. The number of alkyl halides is 3. The van der Waals surface area contributed by atoms with Crippen molar-refractivity contribution >= 4 is 40.5 Å². The molecule has 3 rings (SSSR count). The fourth-order valence-electron chi connectivity index (χ4n) is 3.91. The Kier molecular flexibility index (Phi) is 9.07. The number of nitrogens with two attached hydrogens (primary N) is 1. The van der Waals surface area contributed by atoms with Crippen LogP contribution in [0, 0.1) is 0 Å². The van der Waals surface area contributed by atoms with Gasteiger partial charge in [-0.25, -0.2) is 14.6 Å². The van der Waals surface area contributed by atoms with Gasteiger partial charge in [0, 0.05) is 6.07 Å². The first-order valence-electron chi connectivity index (χ1n) is 11.9. The second kappa shape index (κ2) is 12.0. The fourth-order valence-corrected chi connectivity index (χ4v) is 3.91. The molecule has 0 spiro atoms. The largest absolute Gasteiger partial charge is 0.467 e. The van der Waals surface area contributed by atoms with Crippen LogP contribution >= 0.6 is 0 Å². The number of ether oxygens (including phenoxy) is 2. The lowest BCUT2D eigenvalue weighted by Gasteiger charge is -2.21. The topological polar surface area (TPSA) is 220 Å². The highest BCUT2D eigenvalue weighted by atomic mass is 19.4. The van der Waals surface area contributed by atoms with Crippen LogP contribution < -0.4 is 21.8 Å². The number of carbonyl (C=O) groups excluding carboxylic acids is 4. The number of amides is 2. The van der Waals surface area contributed by atoms with Crippen LogP contribution in [-0.4, -0.2) is 77.5 Å². The number of nitrogens with zero attached hydrogens (tertiary/aromatic N) is 1. The summed E-state index contributed by atoms with van der Waals surface area (Å²) in [5, 5.41) is 24.1. The number of hydrogen-bond acceptors (Lipinski definition) is 12. The van der Waals surface area contributed by atoms with Gasteiger partial charge in [0.25, 0.3) is 11.8 Å². The summed E-state index contributed by atoms with van der Waals surface area (Å²) in [6, 6.07) is -1.40. The lowest BCUT2D eigenvalue weighted by Crippen LogP contribution is -2.48. The van der Waals surface area contributed by atoms with E-state index in [4.69, 9.17) is 10.2 Å². The number of aliphatic hydroxyl groups excluding tert-OH is 2. The molecule has 14 nitrogen and oxygen atoms in total. The number of nitrogen functional groups attached to an aromatic ring is 1. The normalized spacial score (nSPS) is 14.5. The smallest absolute Gasteiger partial charge is 0.420 e. The van der Waals surface area contributed by atoms with Crippen LogP contribution in [0.4, 0.5) is 18.9 Å². The summed E-state index contributed by atoms with van der Waals surface area (Å²) < 4.78 is 56.1. The molecule has 0 radical (unpaired) electrons. The number of rotatable bonds is 8. The Balaban J connectivity index is 2.34.